The van der Waals surface area contributed by atoms with Crippen LogP contribution in [-0.4, -0.2) is 18.1 Å². The zero-order chi connectivity index (χ0) is 12.9. The molecule has 0 aliphatic carbocycles. The maximum Gasteiger partial charge on any atom is 0.389 e. The van der Waals surface area contributed by atoms with Gasteiger partial charge in [-0.2, -0.15) is 13.2 Å². The summed E-state index contributed by atoms with van der Waals surface area (Å²) < 4.78 is 35.9. The van der Waals surface area contributed by atoms with Crippen molar-refractivity contribution in [2.75, 3.05) is 0 Å². The summed E-state index contributed by atoms with van der Waals surface area (Å²) in [6.45, 7) is 1.56. The Balaban J connectivity index is 2.42. The molecule has 0 fully saturated rings. The zero-order valence-corrected chi connectivity index (χ0v) is 9.42. The molecule has 0 spiro atoms. The third kappa shape index (κ3) is 5.38. The van der Waals surface area contributed by atoms with Crippen LogP contribution in [-0.2, 0) is 0 Å². The topological polar surface area (TPSA) is 29.1 Å². The van der Waals surface area contributed by atoms with Crippen molar-refractivity contribution in [1.82, 2.24) is 5.32 Å². The van der Waals surface area contributed by atoms with Gasteiger partial charge in [0.1, 0.15) is 0 Å². The van der Waals surface area contributed by atoms with Gasteiger partial charge in [-0.3, -0.25) is 4.79 Å². The minimum Gasteiger partial charge on any atom is -0.350 e. The maximum absolute atomic E-state index is 12.0. The van der Waals surface area contributed by atoms with Gasteiger partial charge < -0.3 is 5.32 Å². The van der Waals surface area contributed by atoms with Crippen LogP contribution in [0.2, 0.25) is 0 Å². The molecule has 0 heterocycles. The molecule has 2 nitrogen and oxygen atoms in total. The predicted molar refractivity (Wildman–Crippen MR) is 58.7 cm³/mol. The van der Waals surface area contributed by atoms with E-state index in [1.807, 2.05) is 0 Å². The first-order valence-corrected chi connectivity index (χ1v) is 5.31. The Hall–Kier alpha value is -1.52. The number of halogens is 3. The molecule has 0 aromatic heterocycles. The number of amides is 1. The van der Waals surface area contributed by atoms with E-state index in [0.717, 1.165) is 0 Å². The highest BCUT2D eigenvalue weighted by atomic mass is 19.4. The standard InChI is InChI=1S/C12H14F3NO/c1-9(7-8-12(13,14)15)16-11(17)10-5-3-2-4-6-10/h2-6,9H,7-8H2,1H3,(H,16,17). The molecule has 17 heavy (non-hydrogen) atoms. The number of hydrogen-bond acceptors (Lipinski definition) is 1. The van der Waals surface area contributed by atoms with Crippen molar-refractivity contribution < 1.29 is 18.0 Å². The predicted octanol–water partition coefficient (Wildman–Crippen LogP) is 3.15. The summed E-state index contributed by atoms with van der Waals surface area (Å²) in [6.07, 6.45) is -5.17. The molecule has 5 heteroatoms. The lowest BCUT2D eigenvalue weighted by Gasteiger charge is -2.14. The molecule has 1 amide bonds. The summed E-state index contributed by atoms with van der Waals surface area (Å²) in [6, 6.07) is 7.91. The van der Waals surface area contributed by atoms with E-state index in [1.54, 1.807) is 37.3 Å². The molecule has 0 saturated heterocycles. The maximum atomic E-state index is 12.0. The minimum absolute atomic E-state index is 0.109. The average Bonchev–Trinajstić information content (AvgIpc) is 2.27. The quantitative estimate of drug-likeness (QED) is 0.867. The third-order valence-corrected chi connectivity index (χ3v) is 2.27. The lowest BCUT2D eigenvalue weighted by Crippen LogP contribution is -2.33. The SMILES string of the molecule is CC(CCC(F)(F)F)NC(=O)c1ccccc1. The Morgan fingerprint density at radius 1 is 1.29 bits per heavy atom. The molecule has 1 rings (SSSR count). The lowest BCUT2D eigenvalue weighted by atomic mass is 10.1. The van der Waals surface area contributed by atoms with Gasteiger partial charge >= 0.3 is 6.18 Å². The van der Waals surface area contributed by atoms with E-state index in [1.165, 1.54) is 0 Å². The van der Waals surface area contributed by atoms with Crippen molar-refractivity contribution in [1.29, 1.82) is 0 Å². The summed E-state index contributed by atoms with van der Waals surface area (Å²) in [5.74, 6) is -0.347. The number of benzene rings is 1. The van der Waals surface area contributed by atoms with Crippen LogP contribution in [0, 0.1) is 0 Å². The van der Waals surface area contributed by atoms with E-state index >= 15 is 0 Å². The molecule has 0 aliphatic rings. The Morgan fingerprint density at radius 3 is 2.41 bits per heavy atom. The Morgan fingerprint density at radius 2 is 1.88 bits per heavy atom. The molecule has 1 aromatic carbocycles. The summed E-state index contributed by atoms with van der Waals surface area (Å²) in [5.41, 5.74) is 0.450. The van der Waals surface area contributed by atoms with Gasteiger partial charge in [-0.05, 0) is 25.5 Å². The molecule has 1 aromatic rings. The molecule has 0 bridgehead atoms. The smallest absolute Gasteiger partial charge is 0.350 e. The van der Waals surface area contributed by atoms with E-state index in [0.29, 0.717) is 5.56 Å². The fraction of sp³-hybridized carbons (Fsp3) is 0.417. The molecule has 1 unspecified atom stereocenters. The van der Waals surface area contributed by atoms with Crippen LogP contribution in [0.3, 0.4) is 0 Å². The second kappa shape index (κ2) is 5.70. The fourth-order valence-electron chi connectivity index (χ4n) is 1.35. The van der Waals surface area contributed by atoms with Gasteiger partial charge in [-0.25, -0.2) is 0 Å². The first-order valence-electron chi connectivity index (χ1n) is 5.31. The number of rotatable bonds is 4. The fourth-order valence-corrected chi connectivity index (χ4v) is 1.35. The third-order valence-electron chi connectivity index (χ3n) is 2.27. The molecule has 1 atom stereocenters. The normalized spacial score (nSPS) is 13.2. The van der Waals surface area contributed by atoms with Gasteiger partial charge in [0, 0.05) is 18.0 Å². The van der Waals surface area contributed by atoms with Gasteiger partial charge in [0.2, 0.25) is 0 Å². The van der Waals surface area contributed by atoms with Gasteiger partial charge in [0.15, 0.2) is 0 Å². The van der Waals surface area contributed by atoms with Gasteiger partial charge in [-0.15, -0.1) is 0 Å². The molecule has 0 radical (unpaired) electrons. The minimum atomic E-state index is -4.17. The summed E-state index contributed by atoms with van der Waals surface area (Å²) >= 11 is 0. The van der Waals surface area contributed by atoms with Crippen LogP contribution < -0.4 is 5.32 Å². The number of hydrogen-bond donors (Lipinski definition) is 1. The summed E-state index contributed by atoms with van der Waals surface area (Å²) in [7, 11) is 0. The molecule has 0 saturated carbocycles. The largest absolute Gasteiger partial charge is 0.389 e. The Bertz CT molecular complexity index is 362. The van der Waals surface area contributed by atoms with Crippen LogP contribution in [0.1, 0.15) is 30.1 Å². The molecular formula is C12H14F3NO. The molecule has 0 aliphatic heterocycles. The Labute approximate surface area is 97.8 Å². The van der Waals surface area contributed by atoms with Crippen LogP contribution in [0.25, 0.3) is 0 Å². The van der Waals surface area contributed by atoms with Gasteiger partial charge in [-0.1, -0.05) is 18.2 Å². The number of nitrogens with one attached hydrogen (secondary N) is 1. The van der Waals surface area contributed by atoms with E-state index < -0.39 is 18.6 Å². The van der Waals surface area contributed by atoms with Gasteiger partial charge in [0.25, 0.3) is 5.91 Å². The highest BCUT2D eigenvalue weighted by Gasteiger charge is 2.27. The van der Waals surface area contributed by atoms with E-state index in [-0.39, 0.29) is 12.3 Å². The molecule has 94 valence electrons. The van der Waals surface area contributed by atoms with Crippen LogP contribution in [0.15, 0.2) is 30.3 Å². The number of carbonyl (C=O) groups is 1. The molecule has 1 N–H and O–H groups in total. The van der Waals surface area contributed by atoms with Crippen molar-refractivity contribution >= 4 is 5.91 Å². The number of carbonyl (C=O) groups excluding carboxylic acids is 1. The summed E-state index contributed by atoms with van der Waals surface area (Å²) in [4.78, 5) is 11.6. The Kier molecular flexibility index (Phi) is 4.54. The first kappa shape index (κ1) is 13.5. The number of alkyl halides is 3. The highest BCUT2D eigenvalue weighted by molar-refractivity contribution is 5.94. The average molecular weight is 245 g/mol. The van der Waals surface area contributed by atoms with Crippen molar-refractivity contribution in [3.8, 4) is 0 Å². The highest BCUT2D eigenvalue weighted by Crippen LogP contribution is 2.22. The first-order chi connectivity index (χ1) is 7.88. The van der Waals surface area contributed by atoms with Crippen LogP contribution in [0.4, 0.5) is 13.2 Å². The second-order valence-electron chi connectivity index (χ2n) is 3.89. The zero-order valence-electron chi connectivity index (χ0n) is 9.42. The van der Waals surface area contributed by atoms with E-state index in [2.05, 4.69) is 5.32 Å². The van der Waals surface area contributed by atoms with Crippen LogP contribution >= 0.6 is 0 Å². The van der Waals surface area contributed by atoms with Crippen molar-refractivity contribution in [3.63, 3.8) is 0 Å². The molecular weight excluding hydrogens is 231 g/mol. The lowest BCUT2D eigenvalue weighted by molar-refractivity contribution is -0.136. The van der Waals surface area contributed by atoms with Crippen LogP contribution in [0.5, 0.6) is 0 Å². The second-order valence-corrected chi connectivity index (χ2v) is 3.89. The summed E-state index contributed by atoms with van der Waals surface area (Å²) in [5, 5.41) is 2.53. The van der Waals surface area contributed by atoms with Crippen molar-refractivity contribution in [3.05, 3.63) is 35.9 Å². The van der Waals surface area contributed by atoms with Crippen molar-refractivity contribution in [2.24, 2.45) is 0 Å². The van der Waals surface area contributed by atoms with E-state index in [4.69, 9.17) is 0 Å². The van der Waals surface area contributed by atoms with Gasteiger partial charge in [0.05, 0.1) is 0 Å². The van der Waals surface area contributed by atoms with Crippen molar-refractivity contribution in [2.45, 2.75) is 32.0 Å². The van der Waals surface area contributed by atoms with E-state index in [9.17, 15) is 18.0 Å². The monoisotopic (exact) mass is 245 g/mol.